The van der Waals surface area contributed by atoms with E-state index in [1.807, 2.05) is 13.8 Å². The SMILES string of the molecule is CC.CC(C)C(=O)N1CCCC(OCC(F)(F)F)C1. The van der Waals surface area contributed by atoms with Gasteiger partial charge in [0.05, 0.1) is 6.10 Å². The lowest BCUT2D eigenvalue weighted by atomic mass is 10.1. The van der Waals surface area contributed by atoms with E-state index in [1.54, 1.807) is 18.7 Å². The lowest BCUT2D eigenvalue weighted by Gasteiger charge is -2.33. The van der Waals surface area contributed by atoms with Gasteiger partial charge in [-0.2, -0.15) is 13.2 Å². The molecule has 1 aliphatic rings. The first kappa shape index (κ1) is 18.2. The average Bonchev–Trinajstić information content (AvgIpc) is 2.37. The molecule has 114 valence electrons. The van der Waals surface area contributed by atoms with Crippen LogP contribution in [-0.4, -0.2) is 42.8 Å². The summed E-state index contributed by atoms with van der Waals surface area (Å²) in [5, 5.41) is 0. The van der Waals surface area contributed by atoms with Crippen LogP contribution in [0, 0.1) is 5.92 Å². The molecular formula is C13H24F3NO2. The van der Waals surface area contributed by atoms with Crippen molar-refractivity contribution in [3.8, 4) is 0 Å². The molecule has 19 heavy (non-hydrogen) atoms. The van der Waals surface area contributed by atoms with Crippen LogP contribution in [0.3, 0.4) is 0 Å². The second-order valence-corrected chi connectivity index (χ2v) is 4.63. The van der Waals surface area contributed by atoms with Crippen LogP contribution < -0.4 is 0 Å². The van der Waals surface area contributed by atoms with Gasteiger partial charge in [-0.15, -0.1) is 0 Å². The van der Waals surface area contributed by atoms with E-state index in [2.05, 4.69) is 0 Å². The number of halogens is 3. The Morgan fingerprint density at radius 1 is 1.37 bits per heavy atom. The molecule has 0 aliphatic carbocycles. The average molecular weight is 283 g/mol. The first-order valence-electron chi connectivity index (χ1n) is 6.76. The molecule has 0 spiro atoms. The van der Waals surface area contributed by atoms with E-state index in [4.69, 9.17) is 4.74 Å². The van der Waals surface area contributed by atoms with Gasteiger partial charge in [0.1, 0.15) is 6.61 Å². The van der Waals surface area contributed by atoms with Crippen molar-refractivity contribution in [1.82, 2.24) is 4.90 Å². The molecule has 1 rings (SSSR count). The fourth-order valence-electron chi connectivity index (χ4n) is 1.85. The fraction of sp³-hybridized carbons (Fsp3) is 0.923. The lowest BCUT2D eigenvalue weighted by Crippen LogP contribution is -2.45. The number of ether oxygens (including phenoxy) is 1. The van der Waals surface area contributed by atoms with Crippen LogP contribution in [0.15, 0.2) is 0 Å². The highest BCUT2D eigenvalue weighted by Gasteiger charge is 2.31. The van der Waals surface area contributed by atoms with Crippen LogP contribution in [0.2, 0.25) is 0 Å². The van der Waals surface area contributed by atoms with Gasteiger partial charge in [-0.3, -0.25) is 4.79 Å². The van der Waals surface area contributed by atoms with Crippen molar-refractivity contribution in [2.24, 2.45) is 5.92 Å². The number of piperidine rings is 1. The highest BCUT2D eigenvalue weighted by atomic mass is 19.4. The van der Waals surface area contributed by atoms with E-state index in [9.17, 15) is 18.0 Å². The third-order valence-corrected chi connectivity index (χ3v) is 2.67. The van der Waals surface area contributed by atoms with E-state index in [0.29, 0.717) is 19.4 Å². The molecule has 1 fully saturated rings. The Kier molecular flexibility index (Phi) is 8.06. The number of carbonyl (C=O) groups excluding carboxylic acids is 1. The lowest BCUT2D eigenvalue weighted by molar-refractivity contribution is -0.190. The quantitative estimate of drug-likeness (QED) is 0.796. The molecule has 1 atom stereocenters. The summed E-state index contributed by atoms with van der Waals surface area (Å²) in [5.74, 6) is -0.151. The van der Waals surface area contributed by atoms with Crippen molar-refractivity contribution < 1.29 is 22.7 Å². The van der Waals surface area contributed by atoms with E-state index in [-0.39, 0.29) is 18.4 Å². The Bertz CT molecular complexity index is 267. The highest BCUT2D eigenvalue weighted by molar-refractivity contribution is 5.78. The maximum absolute atomic E-state index is 12.0. The third-order valence-electron chi connectivity index (χ3n) is 2.67. The van der Waals surface area contributed by atoms with Gasteiger partial charge < -0.3 is 9.64 Å². The minimum absolute atomic E-state index is 0.0229. The number of amides is 1. The topological polar surface area (TPSA) is 29.5 Å². The van der Waals surface area contributed by atoms with Crippen LogP contribution in [0.5, 0.6) is 0 Å². The summed E-state index contributed by atoms with van der Waals surface area (Å²) in [7, 11) is 0. The van der Waals surface area contributed by atoms with Crippen molar-refractivity contribution in [1.29, 1.82) is 0 Å². The van der Waals surface area contributed by atoms with Gasteiger partial charge in [-0.05, 0) is 12.8 Å². The Hall–Kier alpha value is -0.780. The summed E-state index contributed by atoms with van der Waals surface area (Å²) < 4.78 is 40.8. The van der Waals surface area contributed by atoms with Gasteiger partial charge in [0.15, 0.2) is 0 Å². The molecule has 3 nitrogen and oxygen atoms in total. The minimum Gasteiger partial charge on any atom is -0.367 e. The Labute approximate surface area is 113 Å². The van der Waals surface area contributed by atoms with Crippen LogP contribution in [-0.2, 0) is 9.53 Å². The molecule has 0 saturated carbocycles. The molecule has 1 heterocycles. The third kappa shape index (κ3) is 7.40. The predicted octanol–water partition coefficient (Wildman–Crippen LogP) is 3.24. The standard InChI is InChI=1S/C11H18F3NO2.C2H6/c1-8(2)10(16)15-5-3-4-9(6-15)17-7-11(12,13)14;1-2/h8-9H,3-7H2,1-2H3;1-2H3. The second-order valence-electron chi connectivity index (χ2n) is 4.63. The maximum atomic E-state index is 12.0. The summed E-state index contributed by atoms with van der Waals surface area (Å²) in [6.45, 7) is 7.21. The van der Waals surface area contributed by atoms with Gasteiger partial charge in [-0.25, -0.2) is 0 Å². The monoisotopic (exact) mass is 283 g/mol. The van der Waals surface area contributed by atoms with Crippen molar-refractivity contribution in [2.45, 2.75) is 52.8 Å². The maximum Gasteiger partial charge on any atom is 0.411 e. The summed E-state index contributed by atoms with van der Waals surface area (Å²) >= 11 is 0. The van der Waals surface area contributed by atoms with E-state index >= 15 is 0 Å². The van der Waals surface area contributed by atoms with Gasteiger partial charge >= 0.3 is 6.18 Å². The molecule has 0 aromatic carbocycles. The van der Waals surface area contributed by atoms with Gasteiger partial charge in [0.25, 0.3) is 0 Å². The summed E-state index contributed by atoms with van der Waals surface area (Å²) in [5.41, 5.74) is 0. The first-order valence-corrected chi connectivity index (χ1v) is 6.76. The minimum atomic E-state index is -4.30. The molecular weight excluding hydrogens is 259 g/mol. The Morgan fingerprint density at radius 2 is 1.95 bits per heavy atom. The molecule has 0 aromatic rings. The molecule has 1 unspecified atom stereocenters. The summed E-state index contributed by atoms with van der Waals surface area (Å²) in [6, 6.07) is 0. The molecule has 0 radical (unpaired) electrons. The largest absolute Gasteiger partial charge is 0.411 e. The van der Waals surface area contributed by atoms with Crippen molar-refractivity contribution >= 4 is 5.91 Å². The van der Waals surface area contributed by atoms with Crippen LogP contribution in [0.4, 0.5) is 13.2 Å². The predicted molar refractivity (Wildman–Crippen MR) is 67.8 cm³/mol. The molecule has 0 bridgehead atoms. The molecule has 1 aliphatic heterocycles. The van der Waals surface area contributed by atoms with E-state index < -0.39 is 18.9 Å². The van der Waals surface area contributed by atoms with Crippen LogP contribution in [0.25, 0.3) is 0 Å². The zero-order valence-corrected chi connectivity index (χ0v) is 12.1. The van der Waals surface area contributed by atoms with Gasteiger partial charge in [0, 0.05) is 19.0 Å². The second kappa shape index (κ2) is 8.40. The number of carbonyl (C=O) groups is 1. The number of nitrogens with zero attached hydrogens (tertiary/aromatic N) is 1. The van der Waals surface area contributed by atoms with Gasteiger partial charge in [-0.1, -0.05) is 27.7 Å². The molecule has 6 heteroatoms. The molecule has 0 aromatic heterocycles. The molecule has 1 saturated heterocycles. The smallest absolute Gasteiger partial charge is 0.367 e. The number of alkyl halides is 3. The highest BCUT2D eigenvalue weighted by Crippen LogP contribution is 2.20. The molecule has 0 N–H and O–H groups in total. The van der Waals surface area contributed by atoms with Crippen molar-refractivity contribution in [3.05, 3.63) is 0 Å². The van der Waals surface area contributed by atoms with Crippen molar-refractivity contribution in [2.75, 3.05) is 19.7 Å². The van der Waals surface area contributed by atoms with Crippen LogP contribution in [0.1, 0.15) is 40.5 Å². The number of likely N-dealkylation sites (tertiary alicyclic amines) is 1. The van der Waals surface area contributed by atoms with Crippen LogP contribution >= 0.6 is 0 Å². The number of hydrogen-bond donors (Lipinski definition) is 0. The molecule has 1 amide bonds. The summed E-state index contributed by atoms with van der Waals surface area (Å²) in [4.78, 5) is 13.3. The normalized spacial score (nSPS) is 20.0. The van der Waals surface area contributed by atoms with E-state index in [0.717, 1.165) is 0 Å². The van der Waals surface area contributed by atoms with Gasteiger partial charge in [0.2, 0.25) is 5.91 Å². The zero-order chi connectivity index (χ0) is 15.1. The number of rotatable bonds is 3. The Balaban J connectivity index is 0.00000154. The first-order chi connectivity index (χ1) is 8.79. The zero-order valence-electron chi connectivity index (χ0n) is 12.1. The van der Waals surface area contributed by atoms with Crippen molar-refractivity contribution in [3.63, 3.8) is 0 Å². The summed E-state index contributed by atoms with van der Waals surface area (Å²) in [6.07, 6.45) is -3.52. The fourth-order valence-corrected chi connectivity index (χ4v) is 1.85. The number of hydrogen-bond acceptors (Lipinski definition) is 2. The van der Waals surface area contributed by atoms with E-state index in [1.165, 1.54) is 0 Å². The Morgan fingerprint density at radius 3 is 2.42 bits per heavy atom.